The minimum absolute atomic E-state index is 0.0857. The summed E-state index contributed by atoms with van der Waals surface area (Å²) in [5.41, 5.74) is 0.628. The predicted molar refractivity (Wildman–Crippen MR) is 52.1 cm³/mol. The Bertz CT molecular complexity index is 504. The van der Waals surface area contributed by atoms with Crippen molar-refractivity contribution in [1.82, 2.24) is 14.2 Å². The lowest BCUT2D eigenvalue weighted by molar-refractivity contribution is 0.624. The van der Waals surface area contributed by atoms with Gasteiger partial charge in [0, 0.05) is 24.1 Å². The Morgan fingerprint density at radius 3 is 3.00 bits per heavy atom. The molecule has 6 heteroatoms. The molecule has 0 aliphatic heterocycles. The maximum absolute atomic E-state index is 11.3. The van der Waals surface area contributed by atoms with Gasteiger partial charge in [0.2, 0.25) is 0 Å². The van der Waals surface area contributed by atoms with Crippen LogP contribution >= 0.6 is 21.7 Å². The molecule has 0 aliphatic carbocycles. The highest BCUT2D eigenvalue weighted by molar-refractivity contribution is 8.21. The van der Waals surface area contributed by atoms with E-state index in [1.54, 1.807) is 23.8 Å². The summed E-state index contributed by atoms with van der Waals surface area (Å²) in [6.07, 6.45) is 1.63. The lowest BCUT2D eigenvalue weighted by Crippen LogP contribution is -2.21. The molecule has 0 saturated carbocycles. The molecule has 0 N–H and O–H groups in total. The minimum Gasteiger partial charge on any atom is -0.268 e. The van der Waals surface area contributed by atoms with E-state index in [9.17, 15) is 4.79 Å². The highest BCUT2D eigenvalue weighted by Gasteiger charge is 2.05. The van der Waals surface area contributed by atoms with Crippen molar-refractivity contribution in [3.05, 3.63) is 28.7 Å². The SMILES string of the molecule is Cn1c(=O)ccc2ncc(SCl)n21. The molecule has 0 fully saturated rings. The van der Waals surface area contributed by atoms with Gasteiger partial charge < -0.3 is 0 Å². The van der Waals surface area contributed by atoms with Crippen LogP contribution in [0.3, 0.4) is 0 Å². The molecular formula is C7H6ClN3OS. The van der Waals surface area contributed by atoms with Gasteiger partial charge in [-0.15, -0.1) is 0 Å². The number of fused-ring (bicyclic) bond motifs is 1. The number of rotatable bonds is 1. The van der Waals surface area contributed by atoms with E-state index in [1.165, 1.54) is 10.7 Å². The van der Waals surface area contributed by atoms with Crippen LogP contribution in [-0.2, 0) is 7.05 Å². The lowest BCUT2D eigenvalue weighted by Gasteiger charge is -2.03. The molecule has 0 spiro atoms. The average molecular weight is 216 g/mol. The average Bonchev–Trinajstić information content (AvgIpc) is 2.55. The quantitative estimate of drug-likeness (QED) is 0.720. The summed E-state index contributed by atoms with van der Waals surface area (Å²) in [5.74, 6) is 0. The van der Waals surface area contributed by atoms with E-state index < -0.39 is 0 Å². The molecule has 0 saturated heterocycles. The molecule has 4 nitrogen and oxygen atoms in total. The van der Waals surface area contributed by atoms with Crippen molar-refractivity contribution >= 4 is 27.3 Å². The summed E-state index contributed by atoms with van der Waals surface area (Å²) in [6, 6.07) is 3.14. The number of nitrogens with zero attached hydrogens (tertiary/aromatic N) is 3. The van der Waals surface area contributed by atoms with Gasteiger partial charge in [0.25, 0.3) is 5.56 Å². The van der Waals surface area contributed by atoms with Crippen molar-refractivity contribution in [2.45, 2.75) is 5.03 Å². The van der Waals surface area contributed by atoms with Crippen LogP contribution in [0, 0.1) is 0 Å². The third-order valence-electron chi connectivity index (χ3n) is 1.81. The van der Waals surface area contributed by atoms with Crippen LogP contribution in [0.4, 0.5) is 0 Å². The standard InChI is InChI=1S/C7H6ClN3OS/c1-10-6(12)3-2-5-9-4-7(13-8)11(5)10/h2-4H,1H3. The normalized spacial score (nSPS) is 10.9. The number of hydrogen-bond donors (Lipinski definition) is 0. The maximum atomic E-state index is 11.3. The molecule has 68 valence electrons. The molecule has 0 aliphatic rings. The van der Waals surface area contributed by atoms with E-state index in [2.05, 4.69) is 4.98 Å². The molecule has 0 bridgehead atoms. The topological polar surface area (TPSA) is 39.3 Å². The van der Waals surface area contributed by atoms with Crippen LogP contribution in [0.1, 0.15) is 0 Å². The number of aryl methyl sites for hydroxylation is 1. The zero-order valence-electron chi connectivity index (χ0n) is 6.77. The zero-order chi connectivity index (χ0) is 9.42. The van der Waals surface area contributed by atoms with Gasteiger partial charge in [-0.05, 0) is 16.7 Å². The first-order chi connectivity index (χ1) is 6.24. The largest absolute Gasteiger partial charge is 0.268 e. The number of hydrogen-bond acceptors (Lipinski definition) is 3. The second-order valence-corrected chi connectivity index (χ2v) is 3.57. The predicted octanol–water partition coefficient (Wildman–Crippen LogP) is 1.28. The van der Waals surface area contributed by atoms with Gasteiger partial charge >= 0.3 is 0 Å². The Morgan fingerprint density at radius 1 is 1.54 bits per heavy atom. The van der Waals surface area contributed by atoms with E-state index in [0.717, 1.165) is 16.0 Å². The molecule has 0 unspecified atom stereocenters. The van der Waals surface area contributed by atoms with Crippen molar-refractivity contribution in [3.63, 3.8) is 0 Å². The summed E-state index contributed by atoms with van der Waals surface area (Å²) < 4.78 is 3.13. The Balaban J connectivity index is 2.93. The Labute approximate surface area is 82.6 Å². The molecule has 0 aromatic carbocycles. The van der Waals surface area contributed by atoms with E-state index >= 15 is 0 Å². The van der Waals surface area contributed by atoms with Crippen molar-refractivity contribution in [1.29, 1.82) is 0 Å². The third-order valence-corrected chi connectivity index (χ3v) is 2.72. The Morgan fingerprint density at radius 2 is 2.31 bits per heavy atom. The van der Waals surface area contributed by atoms with Gasteiger partial charge in [-0.25, -0.2) is 14.2 Å². The van der Waals surface area contributed by atoms with Crippen LogP contribution < -0.4 is 5.56 Å². The fourth-order valence-corrected chi connectivity index (χ4v) is 1.85. The van der Waals surface area contributed by atoms with Crippen molar-refractivity contribution in [2.75, 3.05) is 0 Å². The molecule has 2 aromatic rings. The highest BCUT2D eigenvalue weighted by Crippen LogP contribution is 2.21. The maximum Gasteiger partial charge on any atom is 0.265 e. The Kier molecular flexibility index (Phi) is 2.05. The van der Waals surface area contributed by atoms with Crippen LogP contribution in [-0.4, -0.2) is 14.2 Å². The Hall–Kier alpha value is -0.940. The molecule has 0 radical (unpaired) electrons. The van der Waals surface area contributed by atoms with E-state index in [-0.39, 0.29) is 5.56 Å². The van der Waals surface area contributed by atoms with Gasteiger partial charge in [-0.3, -0.25) is 4.79 Å². The minimum atomic E-state index is -0.0857. The van der Waals surface area contributed by atoms with Gasteiger partial charge in [0.1, 0.15) is 5.03 Å². The monoisotopic (exact) mass is 215 g/mol. The number of aromatic nitrogens is 3. The van der Waals surface area contributed by atoms with Crippen LogP contribution in [0.15, 0.2) is 28.2 Å². The van der Waals surface area contributed by atoms with Gasteiger partial charge in [0.15, 0.2) is 5.65 Å². The zero-order valence-corrected chi connectivity index (χ0v) is 8.34. The molecule has 2 rings (SSSR count). The smallest absolute Gasteiger partial charge is 0.265 e. The number of imidazole rings is 1. The van der Waals surface area contributed by atoms with Gasteiger partial charge in [-0.2, -0.15) is 0 Å². The number of halogens is 1. The van der Waals surface area contributed by atoms with Gasteiger partial charge in [-0.1, -0.05) is 0 Å². The first-order valence-corrected chi connectivity index (χ1v) is 5.20. The first kappa shape index (κ1) is 8.65. The molecular weight excluding hydrogens is 210 g/mol. The van der Waals surface area contributed by atoms with E-state index in [1.807, 2.05) is 0 Å². The molecule has 2 aromatic heterocycles. The fourth-order valence-electron chi connectivity index (χ4n) is 1.16. The highest BCUT2D eigenvalue weighted by atomic mass is 35.7. The summed E-state index contributed by atoms with van der Waals surface area (Å²) in [6.45, 7) is 0. The second-order valence-electron chi connectivity index (χ2n) is 2.54. The van der Waals surface area contributed by atoms with Crippen LogP contribution in [0.5, 0.6) is 0 Å². The summed E-state index contributed by atoms with van der Waals surface area (Å²) >= 11 is 0. The molecule has 13 heavy (non-hydrogen) atoms. The van der Waals surface area contributed by atoms with Crippen LogP contribution in [0.2, 0.25) is 0 Å². The molecule has 0 atom stereocenters. The lowest BCUT2D eigenvalue weighted by atomic mass is 10.5. The van der Waals surface area contributed by atoms with Crippen molar-refractivity contribution < 1.29 is 0 Å². The van der Waals surface area contributed by atoms with E-state index in [0.29, 0.717) is 5.65 Å². The van der Waals surface area contributed by atoms with Crippen LogP contribution in [0.25, 0.3) is 5.65 Å². The summed E-state index contributed by atoms with van der Waals surface area (Å²) in [7, 11) is 8.33. The second kappa shape index (κ2) is 3.08. The summed E-state index contributed by atoms with van der Waals surface area (Å²) in [5, 5.41) is 0.733. The van der Waals surface area contributed by atoms with Gasteiger partial charge in [0.05, 0.1) is 6.20 Å². The summed E-state index contributed by atoms with van der Waals surface area (Å²) in [4.78, 5) is 15.4. The molecule has 0 amide bonds. The first-order valence-electron chi connectivity index (χ1n) is 3.56. The van der Waals surface area contributed by atoms with Crippen molar-refractivity contribution in [3.8, 4) is 0 Å². The van der Waals surface area contributed by atoms with E-state index in [4.69, 9.17) is 10.7 Å². The third kappa shape index (κ3) is 1.24. The molecule has 2 heterocycles. The fraction of sp³-hybridized carbons (Fsp3) is 0.143. The van der Waals surface area contributed by atoms with Crippen molar-refractivity contribution in [2.24, 2.45) is 7.05 Å².